The number of carbonyl (C=O) groups is 1. The van der Waals surface area contributed by atoms with E-state index in [9.17, 15) is 14.4 Å². The Morgan fingerprint density at radius 1 is 1.33 bits per heavy atom. The zero-order valence-corrected chi connectivity index (χ0v) is 12.4. The number of hydrogen-bond donors (Lipinski definition) is 3. The summed E-state index contributed by atoms with van der Waals surface area (Å²) in [6.07, 6.45) is 1.54. The molecular weight excluding hydrogens is 318 g/mol. The first-order chi connectivity index (χ1) is 11.6. The van der Waals surface area contributed by atoms with Gasteiger partial charge in [-0.3, -0.25) is 14.6 Å². The molecule has 1 aromatic carbocycles. The van der Waals surface area contributed by atoms with E-state index in [2.05, 4.69) is 20.7 Å². The van der Waals surface area contributed by atoms with Crippen molar-refractivity contribution in [2.75, 3.05) is 6.79 Å². The molecule has 24 heavy (non-hydrogen) atoms. The standard InChI is InChI=1S/C14H13N5O5/c20-12(4-2-9-13(21)16-14(22)19-17-9)18-15-6-8-1-3-10-11(5-8)24-7-23-10/h1,3,5-6H,2,4,7H2,(H,18,20)(H2,16,19,21,22). The topological polar surface area (TPSA) is 139 Å². The van der Waals surface area contributed by atoms with Crippen molar-refractivity contribution in [2.45, 2.75) is 12.8 Å². The number of nitrogens with zero attached hydrogens (tertiary/aromatic N) is 2. The monoisotopic (exact) mass is 331 g/mol. The van der Waals surface area contributed by atoms with Gasteiger partial charge in [0.05, 0.1) is 6.21 Å². The van der Waals surface area contributed by atoms with Gasteiger partial charge in [-0.05, 0) is 23.8 Å². The van der Waals surface area contributed by atoms with Crippen molar-refractivity contribution < 1.29 is 14.3 Å². The van der Waals surface area contributed by atoms with Crippen molar-refractivity contribution in [1.82, 2.24) is 20.6 Å². The summed E-state index contributed by atoms with van der Waals surface area (Å²) in [5, 5.41) is 9.52. The number of amides is 1. The lowest BCUT2D eigenvalue weighted by atomic mass is 10.2. The Hall–Kier alpha value is -3.43. The highest BCUT2D eigenvalue weighted by molar-refractivity contribution is 5.83. The molecule has 0 spiro atoms. The van der Waals surface area contributed by atoms with Crippen LogP contribution in [0.2, 0.25) is 0 Å². The van der Waals surface area contributed by atoms with Gasteiger partial charge in [0.15, 0.2) is 11.5 Å². The molecule has 0 unspecified atom stereocenters. The minimum atomic E-state index is -0.693. The fraction of sp³-hybridized carbons (Fsp3) is 0.214. The van der Waals surface area contributed by atoms with Gasteiger partial charge in [-0.15, -0.1) is 0 Å². The van der Waals surface area contributed by atoms with Gasteiger partial charge in [0.2, 0.25) is 12.7 Å². The highest BCUT2D eigenvalue weighted by Crippen LogP contribution is 2.31. The summed E-state index contributed by atoms with van der Waals surface area (Å²) >= 11 is 0. The predicted molar refractivity (Wildman–Crippen MR) is 82.1 cm³/mol. The number of H-pyrrole nitrogens is 2. The van der Waals surface area contributed by atoms with E-state index in [0.29, 0.717) is 11.5 Å². The van der Waals surface area contributed by atoms with E-state index in [1.165, 1.54) is 6.21 Å². The van der Waals surface area contributed by atoms with Crippen LogP contribution in [0.3, 0.4) is 0 Å². The zero-order valence-electron chi connectivity index (χ0n) is 12.4. The van der Waals surface area contributed by atoms with Crippen LogP contribution in [0, 0.1) is 0 Å². The first kappa shape index (κ1) is 15.5. The lowest BCUT2D eigenvalue weighted by Gasteiger charge is -2.00. The van der Waals surface area contributed by atoms with Crippen LogP contribution >= 0.6 is 0 Å². The second-order valence-electron chi connectivity index (χ2n) is 4.86. The summed E-state index contributed by atoms with van der Waals surface area (Å²) in [6.45, 7) is 0.185. The fourth-order valence-electron chi connectivity index (χ4n) is 2.00. The molecule has 1 aromatic heterocycles. The molecule has 0 saturated heterocycles. The zero-order chi connectivity index (χ0) is 16.9. The predicted octanol–water partition coefficient (Wildman–Crippen LogP) is -0.730. The van der Waals surface area contributed by atoms with Gasteiger partial charge in [0.25, 0.3) is 5.56 Å². The summed E-state index contributed by atoms with van der Waals surface area (Å²) in [7, 11) is 0. The van der Waals surface area contributed by atoms with Crippen molar-refractivity contribution in [3.63, 3.8) is 0 Å². The Kier molecular flexibility index (Phi) is 4.36. The maximum absolute atomic E-state index is 11.7. The number of benzene rings is 1. The normalized spacial score (nSPS) is 12.5. The summed E-state index contributed by atoms with van der Waals surface area (Å²) in [4.78, 5) is 36.0. The van der Waals surface area contributed by atoms with Gasteiger partial charge in [-0.25, -0.2) is 15.3 Å². The minimum absolute atomic E-state index is 0.000598. The molecule has 1 amide bonds. The Balaban J connectivity index is 1.52. The highest BCUT2D eigenvalue weighted by Gasteiger charge is 2.12. The van der Waals surface area contributed by atoms with Gasteiger partial charge < -0.3 is 9.47 Å². The third kappa shape index (κ3) is 3.66. The third-order valence-electron chi connectivity index (χ3n) is 3.17. The molecule has 0 fully saturated rings. The Morgan fingerprint density at radius 3 is 3.00 bits per heavy atom. The van der Waals surface area contributed by atoms with E-state index in [0.717, 1.165) is 5.56 Å². The average Bonchev–Trinajstić information content (AvgIpc) is 3.02. The Bertz CT molecular complexity index is 901. The minimum Gasteiger partial charge on any atom is -0.454 e. The number of rotatable bonds is 5. The van der Waals surface area contributed by atoms with Crippen molar-refractivity contribution in [3.8, 4) is 11.5 Å². The number of hydrazone groups is 1. The van der Waals surface area contributed by atoms with Crippen molar-refractivity contribution in [2.24, 2.45) is 5.10 Å². The van der Waals surface area contributed by atoms with E-state index in [-0.39, 0.29) is 31.2 Å². The number of fused-ring (bicyclic) bond motifs is 1. The van der Waals surface area contributed by atoms with Crippen molar-refractivity contribution in [3.05, 3.63) is 50.3 Å². The molecule has 0 radical (unpaired) electrons. The molecule has 10 heteroatoms. The molecule has 3 rings (SSSR count). The van der Waals surface area contributed by atoms with Crippen LogP contribution in [-0.2, 0) is 11.2 Å². The van der Waals surface area contributed by atoms with Gasteiger partial charge >= 0.3 is 5.69 Å². The number of carbonyl (C=O) groups excluding carboxylic acids is 1. The number of hydrogen-bond acceptors (Lipinski definition) is 7. The molecule has 10 nitrogen and oxygen atoms in total. The second-order valence-corrected chi connectivity index (χ2v) is 4.86. The van der Waals surface area contributed by atoms with E-state index in [1.807, 2.05) is 4.98 Å². The van der Waals surface area contributed by atoms with Gasteiger partial charge in [-0.2, -0.15) is 10.2 Å². The Morgan fingerprint density at radius 2 is 2.17 bits per heavy atom. The first-order valence-corrected chi connectivity index (χ1v) is 7.01. The molecule has 1 aliphatic rings. The quantitative estimate of drug-likeness (QED) is 0.488. The third-order valence-corrected chi connectivity index (χ3v) is 3.17. The summed E-state index contributed by atoms with van der Waals surface area (Å²) in [5.41, 5.74) is 1.85. The molecule has 2 aromatic rings. The van der Waals surface area contributed by atoms with Crippen molar-refractivity contribution >= 4 is 12.1 Å². The molecule has 1 aliphatic heterocycles. The second kappa shape index (κ2) is 6.77. The lowest BCUT2D eigenvalue weighted by molar-refractivity contribution is -0.121. The van der Waals surface area contributed by atoms with Crippen LogP contribution in [0.25, 0.3) is 0 Å². The summed E-state index contributed by atoms with van der Waals surface area (Å²) in [6, 6.07) is 5.26. The molecule has 0 atom stereocenters. The molecule has 0 aliphatic carbocycles. The number of aryl methyl sites for hydroxylation is 1. The maximum atomic E-state index is 11.7. The van der Waals surface area contributed by atoms with Crippen LogP contribution in [0.1, 0.15) is 17.7 Å². The molecule has 3 N–H and O–H groups in total. The van der Waals surface area contributed by atoms with E-state index >= 15 is 0 Å². The van der Waals surface area contributed by atoms with Crippen LogP contribution in [-0.4, -0.2) is 34.1 Å². The summed E-state index contributed by atoms with van der Waals surface area (Å²) in [5.74, 6) is 0.892. The smallest absolute Gasteiger partial charge is 0.342 e. The number of aromatic nitrogens is 3. The lowest BCUT2D eigenvalue weighted by Crippen LogP contribution is -2.28. The molecule has 0 bridgehead atoms. The highest BCUT2D eigenvalue weighted by atomic mass is 16.7. The fourth-order valence-corrected chi connectivity index (χ4v) is 2.00. The molecule has 0 saturated carbocycles. The van der Waals surface area contributed by atoms with Gasteiger partial charge in [0, 0.05) is 12.8 Å². The Labute approximate surface area is 134 Å². The molecule has 2 heterocycles. The molecule has 124 valence electrons. The number of nitrogens with one attached hydrogen (secondary N) is 3. The van der Waals surface area contributed by atoms with Crippen LogP contribution in [0.4, 0.5) is 0 Å². The first-order valence-electron chi connectivity index (χ1n) is 7.01. The SMILES string of the molecule is O=C(CCc1n[nH]c(=O)[nH]c1=O)NN=Cc1ccc2c(c1)OCO2. The van der Waals surface area contributed by atoms with Crippen LogP contribution in [0.15, 0.2) is 32.9 Å². The van der Waals surface area contributed by atoms with Crippen LogP contribution < -0.4 is 26.1 Å². The average molecular weight is 331 g/mol. The van der Waals surface area contributed by atoms with Gasteiger partial charge in [0.1, 0.15) is 5.69 Å². The largest absolute Gasteiger partial charge is 0.454 e. The number of ether oxygens (including phenoxy) is 2. The maximum Gasteiger partial charge on any atom is 0.342 e. The van der Waals surface area contributed by atoms with Crippen LogP contribution in [0.5, 0.6) is 11.5 Å². The van der Waals surface area contributed by atoms with E-state index in [1.54, 1.807) is 18.2 Å². The van der Waals surface area contributed by atoms with E-state index < -0.39 is 11.2 Å². The summed E-state index contributed by atoms with van der Waals surface area (Å²) < 4.78 is 10.4. The van der Waals surface area contributed by atoms with Crippen molar-refractivity contribution in [1.29, 1.82) is 0 Å². The van der Waals surface area contributed by atoms with Gasteiger partial charge in [-0.1, -0.05) is 0 Å². The molecular formula is C14H13N5O5. The van der Waals surface area contributed by atoms with E-state index in [4.69, 9.17) is 9.47 Å². The number of aromatic amines is 2.